The van der Waals surface area contributed by atoms with Crippen molar-refractivity contribution in [1.29, 1.82) is 0 Å². The van der Waals surface area contributed by atoms with Crippen molar-refractivity contribution in [3.8, 4) is 17.1 Å². The summed E-state index contributed by atoms with van der Waals surface area (Å²) in [5.74, 6) is 0.810. The lowest BCUT2D eigenvalue weighted by Gasteiger charge is -2.34. The molecule has 0 radical (unpaired) electrons. The second-order valence-electron chi connectivity index (χ2n) is 8.55. The summed E-state index contributed by atoms with van der Waals surface area (Å²) in [6, 6.07) is 17.2. The van der Waals surface area contributed by atoms with Crippen LogP contribution in [0.4, 0.5) is 0 Å². The van der Waals surface area contributed by atoms with Gasteiger partial charge in [0.25, 0.3) is 0 Å². The van der Waals surface area contributed by atoms with Crippen molar-refractivity contribution in [2.45, 2.75) is 24.8 Å². The average Bonchev–Trinajstić information content (AvgIpc) is 3.29. The number of aryl methyl sites for hydroxylation is 1. The third-order valence-electron chi connectivity index (χ3n) is 6.02. The van der Waals surface area contributed by atoms with E-state index >= 15 is 0 Å². The standard InChI is InChI=1S/C25H32N4O4S/c1-20-17-24(33-27-20)22-9-10-23(32-2)25(18-22)34(30,31)26-11-6-12-28-13-15-29(16-14-28)19-21-7-4-3-5-8-21/h3-5,7-10,17-18,26H,6,11-16,19H2,1-2H3. The Balaban J connectivity index is 1.27. The average molecular weight is 485 g/mol. The zero-order valence-corrected chi connectivity index (χ0v) is 20.6. The minimum Gasteiger partial charge on any atom is -0.495 e. The highest BCUT2D eigenvalue weighted by Crippen LogP contribution is 2.30. The van der Waals surface area contributed by atoms with Gasteiger partial charge in [-0.3, -0.25) is 4.90 Å². The molecule has 0 aliphatic carbocycles. The number of rotatable bonds is 10. The first kappa shape index (κ1) is 24.4. The largest absolute Gasteiger partial charge is 0.495 e. The summed E-state index contributed by atoms with van der Waals surface area (Å²) >= 11 is 0. The quantitative estimate of drug-likeness (QED) is 0.442. The highest BCUT2D eigenvalue weighted by atomic mass is 32.2. The van der Waals surface area contributed by atoms with Crippen molar-refractivity contribution in [2.75, 3.05) is 46.4 Å². The number of nitrogens with zero attached hydrogens (tertiary/aromatic N) is 3. The maximum atomic E-state index is 13.0. The first-order chi connectivity index (χ1) is 16.4. The third-order valence-corrected chi connectivity index (χ3v) is 7.50. The van der Waals surface area contributed by atoms with E-state index in [0.717, 1.165) is 51.4 Å². The Morgan fingerprint density at radius 3 is 2.44 bits per heavy atom. The molecule has 182 valence electrons. The van der Waals surface area contributed by atoms with Crippen LogP contribution < -0.4 is 9.46 Å². The number of ether oxygens (including phenoxy) is 1. The van der Waals surface area contributed by atoms with Crippen LogP contribution in [0.25, 0.3) is 11.3 Å². The highest BCUT2D eigenvalue weighted by molar-refractivity contribution is 7.89. The molecule has 8 nitrogen and oxygen atoms in total. The Hall–Kier alpha value is -2.72. The molecule has 0 unspecified atom stereocenters. The Bertz CT molecular complexity index is 1170. The van der Waals surface area contributed by atoms with Crippen LogP contribution in [-0.2, 0) is 16.6 Å². The van der Waals surface area contributed by atoms with Crippen LogP contribution in [0.2, 0.25) is 0 Å². The maximum absolute atomic E-state index is 13.0. The molecule has 4 rings (SSSR count). The number of hydrogen-bond acceptors (Lipinski definition) is 7. The van der Waals surface area contributed by atoms with Gasteiger partial charge in [-0.2, -0.15) is 0 Å². The first-order valence-corrected chi connectivity index (χ1v) is 13.0. The summed E-state index contributed by atoms with van der Waals surface area (Å²) in [4.78, 5) is 4.95. The number of sulfonamides is 1. The van der Waals surface area contributed by atoms with Gasteiger partial charge in [0.2, 0.25) is 10.0 Å². The smallest absolute Gasteiger partial charge is 0.244 e. The highest BCUT2D eigenvalue weighted by Gasteiger charge is 2.22. The summed E-state index contributed by atoms with van der Waals surface area (Å²) in [6.07, 6.45) is 0.737. The van der Waals surface area contributed by atoms with Gasteiger partial charge in [-0.1, -0.05) is 35.5 Å². The molecule has 1 saturated heterocycles. The molecule has 0 saturated carbocycles. The van der Waals surface area contributed by atoms with E-state index in [4.69, 9.17) is 9.26 Å². The SMILES string of the molecule is COc1ccc(-c2cc(C)no2)cc1S(=O)(=O)NCCCN1CCN(Cc2ccccc2)CC1. The molecule has 1 fully saturated rings. The second kappa shape index (κ2) is 11.1. The maximum Gasteiger partial charge on any atom is 0.244 e. The minimum absolute atomic E-state index is 0.0936. The van der Waals surface area contributed by atoms with Gasteiger partial charge in [0, 0.05) is 50.9 Å². The molecule has 1 aliphatic heterocycles. The van der Waals surface area contributed by atoms with E-state index < -0.39 is 10.0 Å². The van der Waals surface area contributed by atoms with Gasteiger partial charge in [0.05, 0.1) is 12.8 Å². The van der Waals surface area contributed by atoms with E-state index in [-0.39, 0.29) is 4.90 Å². The molecule has 34 heavy (non-hydrogen) atoms. The van der Waals surface area contributed by atoms with Crippen molar-refractivity contribution >= 4 is 10.0 Å². The number of piperazine rings is 1. The molecule has 1 N–H and O–H groups in total. The van der Waals surface area contributed by atoms with Crippen LogP contribution in [0, 0.1) is 6.92 Å². The minimum atomic E-state index is -3.74. The van der Waals surface area contributed by atoms with Crippen molar-refractivity contribution in [3.05, 3.63) is 65.9 Å². The van der Waals surface area contributed by atoms with Crippen LogP contribution in [-0.4, -0.2) is 69.8 Å². The molecular formula is C25H32N4O4S. The number of benzene rings is 2. The monoisotopic (exact) mass is 484 g/mol. The molecule has 0 atom stereocenters. The van der Waals surface area contributed by atoms with E-state index in [9.17, 15) is 8.42 Å². The molecule has 0 bridgehead atoms. The fourth-order valence-corrected chi connectivity index (χ4v) is 5.41. The van der Waals surface area contributed by atoms with Gasteiger partial charge in [-0.05, 0) is 43.7 Å². The molecule has 0 spiro atoms. The van der Waals surface area contributed by atoms with Crippen molar-refractivity contribution < 1.29 is 17.7 Å². The number of nitrogens with one attached hydrogen (secondary N) is 1. The lowest BCUT2D eigenvalue weighted by Crippen LogP contribution is -2.46. The van der Waals surface area contributed by atoms with E-state index in [1.807, 2.05) is 13.0 Å². The summed E-state index contributed by atoms with van der Waals surface area (Å²) in [5, 5.41) is 3.88. The van der Waals surface area contributed by atoms with Crippen LogP contribution in [0.1, 0.15) is 17.7 Å². The summed E-state index contributed by atoms with van der Waals surface area (Å²) < 4.78 is 39.3. The van der Waals surface area contributed by atoms with Crippen molar-refractivity contribution in [1.82, 2.24) is 19.7 Å². The molecule has 3 aromatic rings. The molecule has 2 heterocycles. The summed E-state index contributed by atoms with van der Waals surface area (Å²) in [6.45, 7) is 8.04. The van der Waals surface area contributed by atoms with Gasteiger partial charge in [0.1, 0.15) is 10.6 Å². The fourth-order valence-electron chi connectivity index (χ4n) is 4.14. The summed E-state index contributed by atoms with van der Waals surface area (Å²) in [5.41, 5.74) is 2.70. The number of aromatic nitrogens is 1. The zero-order valence-electron chi connectivity index (χ0n) is 19.7. The van der Waals surface area contributed by atoms with E-state index in [2.05, 4.69) is 43.9 Å². The Kier molecular flexibility index (Phi) is 7.99. The molecule has 1 aliphatic rings. The fraction of sp³-hybridized carbons (Fsp3) is 0.400. The van der Waals surface area contributed by atoms with Gasteiger partial charge < -0.3 is 14.2 Å². The molecular weight excluding hydrogens is 452 g/mol. The molecule has 1 aromatic heterocycles. The van der Waals surface area contributed by atoms with Gasteiger partial charge in [-0.25, -0.2) is 13.1 Å². The van der Waals surface area contributed by atoms with E-state index in [0.29, 0.717) is 23.6 Å². The second-order valence-corrected chi connectivity index (χ2v) is 10.3. The predicted molar refractivity (Wildman–Crippen MR) is 131 cm³/mol. The Morgan fingerprint density at radius 1 is 1.03 bits per heavy atom. The molecule has 0 amide bonds. The number of hydrogen-bond donors (Lipinski definition) is 1. The number of methoxy groups -OCH3 is 1. The van der Waals surface area contributed by atoms with E-state index in [1.165, 1.54) is 12.7 Å². The normalized spacial score (nSPS) is 15.5. The van der Waals surface area contributed by atoms with Crippen molar-refractivity contribution in [2.24, 2.45) is 0 Å². The van der Waals surface area contributed by atoms with Crippen molar-refractivity contribution in [3.63, 3.8) is 0 Å². The molecule has 9 heteroatoms. The van der Waals surface area contributed by atoms with Gasteiger partial charge >= 0.3 is 0 Å². The van der Waals surface area contributed by atoms with Gasteiger partial charge in [0.15, 0.2) is 5.76 Å². The lowest BCUT2D eigenvalue weighted by molar-refractivity contribution is 0.126. The third kappa shape index (κ3) is 6.24. The van der Waals surface area contributed by atoms with Crippen LogP contribution in [0.15, 0.2) is 64.0 Å². The summed E-state index contributed by atoms with van der Waals surface area (Å²) in [7, 11) is -2.27. The molecule has 2 aromatic carbocycles. The zero-order chi connectivity index (χ0) is 24.0. The van der Waals surface area contributed by atoms with Crippen LogP contribution >= 0.6 is 0 Å². The first-order valence-electron chi connectivity index (χ1n) is 11.5. The lowest BCUT2D eigenvalue weighted by atomic mass is 10.1. The predicted octanol–water partition coefficient (Wildman–Crippen LogP) is 3.14. The Labute approximate surface area is 201 Å². The van der Waals surface area contributed by atoms with Gasteiger partial charge in [-0.15, -0.1) is 0 Å². The van der Waals surface area contributed by atoms with Crippen LogP contribution in [0.5, 0.6) is 5.75 Å². The van der Waals surface area contributed by atoms with E-state index in [1.54, 1.807) is 24.3 Å². The Morgan fingerprint density at radius 2 is 1.76 bits per heavy atom. The van der Waals surface area contributed by atoms with Crippen LogP contribution in [0.3, 0.4) is 0 Å². The topological polar surface area (TPSA) is 87.9 Å².